The molecule has 1 aliphatic carbocycles. The second-order valence-corrected chi connectivity index (χ2v) is 14.8. The summed E-state index contributed by atoms with van der Waals surface area (Å²) in [7, 11) is 0. The first-order valence-corrected chi connectivity index (χ1v) is 19.2. The molecule has 262 valence electrons. The van der Waals surface area contributed by atoms with Gasteiger partial charge in [0.25, 0.3) is 0 Å². The zero-order valence-corrected chi connectivity index (χ0v) is 30.3. The summed E-state index contributed by atoms with van der Waals surface area (Å²) in [6, 6.07) is 72.0. The Bertz CT molecular complexity index is 3270. The van der Waals surface area contributed by atoms with Gasteiger partial charge in [-0.05, 0) is 87.3 Å². The average Bonchev–Trinajstić information content (AvgIpc) is 3.94. The predicted octanol–water partition coefficient (Wildman–Crippen LogP) is 14.5. The molecule has 0 aliphatic heterocycles. The molecular formula is C53H33NO2. The molecule has 2 heterocycles. The van der Waals surface area contributed by atoms with Crippen LogP contribution in [0.1, 0.15) is 22.3 Å². The number of nitrogens with zero attached hydrogens (tertiary/aromatic N) is 1. The van der Waals surface area contributed by atoms with Gasteiger partial charge in [0, 0.05) is 38.6 Å². The lowest BCUT2D eigenvalue weighted by atomic mass is 9.67. The Kier molecular flexibility index (Phi) is 6.55. The highest BCUT2D eigenvalue weighted by Gasteiger charge is 2.46. The molecule has 0 saturated carbocycles. The van der Waals surface area contributed by atoms with Gasteiger partial charge in [-0.25, -0.2) is 0 Å². The summed E-state index contributed by atoms with van der Waals surface area (Å²) < 4.78 is 13.5. The van der Waals surface area contributed by atoms with E-state index in [9.17, 15) is 0 Å². The zero-order valence-electron chi connectivity index (χ0n) is 30.3. The highest BCUT2D eigenvalue weighted by molar-refractivity contribution is 6.33. The molecule has 0 N–H and O–H groups in total. The summed E-state index contributed by atoms with van der Waals surface area (Å²) in [5.41, 5.74) is 13.6. The lowest BCUT2D eigenvalue weighted by Crippen LogP contribution is -2.28. The number of para-hydroxylation sites is 2. The summed E-state index contributed by atoms with van der Waals surface area (Å²) in [5.74, 6) is 0. The van der Waals surface area contributed by atoms with Crippen molar-refractivity contribution in [2.45, 2.75) is 5.41 Å². The van der Waals surface area contributed by atoms with Gasteiger partial charge in [0.2, 0.25) is 0 Å². The number of anilines is 3. The van der Waals surface area contributed by atoms with Crippen LogP contribution in [-0.2, 0) is 5.41 Å². The lowest BCUT2D eigenvalue weighted by Gasteiger charge is -2.35. The van der Waals surface area contributed by atoms with E-state index < -0.39 is 5.41 Å². The smallest absolute Gasteiger partial charge is 0.147 e. The molecule has 12 rings (SSSR count). The number of furan rings is 2. The molecule has 56 heavy (non-hydrogen) atoms. The fourth-order valence-corrected chi connectivity index (χ4v) is 9.62. The van der Waals surface area contributed by atoms with Gasteiger partial charge in [-0.2, -0.15) is 0 Å². The number of hydrogen-bond acceptors (Lipinski definition) is 3. The van der Waals surface area contributed by atoms with E-state index in [1.165, 1.54) is 33.4 Å². The quantitative estimate of drug-likeness (QED) is 0.178. The van der Waals surface area contributed by atoms with Crippen LogP contribution < -0.4 is 4.90 Å². The summed E-state index contributed by atoms with van der Waals surface area (Å²) in [6.45, 7) is 0. The molecule has 0 atom stereocenters. The number of fused-ring (bicyclic) bond motifs is 13. The van der Waals surface area contributed by atoms with E-state index in [-0.39, 0.29) is 0 Å². The number of rotatable bonds is 5. The van der Waals surface area contributed by atoms with E-state index in [4.69, 9.17) is 8.83 Å². The van der Waals surface area contributed by atoms with Gasteiger partial charge in [-0.1, -0.05) is 152 Å². The molecule has 0 unspecified atom stereocenters. The van der Waals surface area contributed by atoms with Crippen molar-refractivity contribution in [3.63, 3.8) is 0 Å². The van der Waals surface area contributed by atoms with Gasteiger partial charge < -0.3 is 13.7 Å². The minimum absolute atomic E-state index is 0.508. The van der Waals surface area contributed by atoms with Crippen molar-refractivity contribution in [3.05, 3.63) is 222 Å². The summed E-state index contributed by atoms with van der Waals surface area (Å²) in [4.78, 5) is 2.37. The maximum Gasteiger partial charge on any atom is 0.147 e. The van der Waals surface area contributed by atoms with Crippen molar-refractivity contribution in [2.24, 2.45) is 0 Å². The molecule has 11 aromatic rings. The minimum atomic E-state index is -0.508. The third-order valence-corrected chi connectivity index (χ3v) is 11.9. The van der Waals surface area contributed by atoms with Crippen LogP contribution in [-0.4, -0.2) is 0 Å². The molecule has 0 radical (unpaired) electrons. The van der Waals surface area contributed by atoms with E-state index in [1.54, 1.807) is 0 Å². The molecule has 2 aromatic heterocycles. The fourth-order valence-electron chi connectivity index (χ4n) is 9.62. The molecule has 0 spiro atoms. The second kappa shape index (κ2) is 11.8. The fraction of sp³-hybridized carbons (Fsp3) is 0.0189. The Morgan fingerprint density at radius 2 is 0.893 bits per heavy atom. The Morgan fingerprint density at radius 1 is 0.339 bits per heavy atom. The van der Waals surface area contributed by atoms with Crippen molar-refractivity contribution in [1.29, 1.82) is 0 Å². The van der Waals surface area contributed by atoms with Gasteiger partial charge in [0.15, 0.2) is 0 Å². The van der Waals surface area contributed by atoms with Crippen LogP contribution in [0.25, 0.3) is 65.8 Å². The van der Waals surface area contributed by atoms with Crippen LogP contribution in [0, 0.1) is 0 Å². The van der Waals surface area contributed by atoms with Gasteiger partial charge in [-0.15, -0.1) is 0 Å². The second-order valence-electron chi connectivity index (χ2n) is 14.8. The van der Waals surface area contributed by atoms with E-state index in [0.717, 1.165) is 71.7 Å². The largest absolute Gasteiger partial charge is 0.455 e. The van der Waals surface area contributed by atoms with Crippen LogP contribution in [0.5, 0.6) is 0 Å². The van der Waals surface area contributed by atoms with Crippen LogP contribution in [0.15, 0.2) is 209 Å². The highest BCUT2D eigenvalue weighted by atomic mass is 16.3. The molecule has 0 fully saturated rings. The van der Waals surface area contributed by atoms with E-state index >= 15 is 0 Å². The van der Waals surface area contributed by atoms with E-state index in [2.05, 4.69) is 199 Å². The van der Waals surface area contributed by atoms with Gasteiger partial charge >= 0.3 is 0 Å². The standard InChI is InChI=1S/C53H33NO2/c1-4-16-34(17-5-1)53(35-18-6-2-7-19-35)45-26-14-12-22-39(45)40-30-28-38(33-46(40)53)54(36-20-8-3-9-21-36)37-29-31-48-44(32-37)50-51(55-48)42-24-11-10-23-41(42)49-43-25-13-15-27-47(43)56-52(49)50/h1-33H. The molecule has 0 saturated heterocycles. The van der Waals surface area contributed by atoms with Crippen molar-refractivity contribution in [1.82, 2.24) is 0 Å². The monoisotopic (exact) mass is 715 g/mol. The van der Waals surface area contributed by atoms with Crippen molar-refractivity contribution in [3.8, 4) is 11.1 Å². The van der Waals surface area contributed by atoms with Gasteiger partial charge in [0.05, 0.1) is 10.8 Å². The Hall–Kier alpha value is -7.36. The summed E-state index contributed by atoms with van der Waals surface area (Å²) in [5, 5.41) is 6.45. The van der Waals surface area contributed by atoms with Gasteiger partial charge in [0.1, 0.15) is 22.3 Å². The van der Waals surface area contributed by atoms with Crippen molar-refractivity contribution >= 4 is 71.7 Å². The van der Waals surface area contributed by atoms with E-state index in [1.807, 2.05) is 6.07 Å². The topological polar surface area (TPSA) is 29.5 Å². The molecular weight excluding hydrogens is 683 g/mol. The first-order valence-electron chi connectivity index (χ1n) is 19.2. The van der Waals surface area contributed by atoms with Crippen LogP contribution in [0.4, 0.5) is 17.1 Å². The molecule has 0 bridgehead atoms. The van der Waals surface area contributed by atoms with Crippen molar-refractivity contribution < 1.29 is 8.83 Å². The van der Waals surface area contributed by atoms with Crippen molar-refractivity contribution in [2.75, 3.05) is 4.90 Å². The third-order valence-electron chi connectivity index (χ3n) is 11.9. The van der Waals surface area contributed by atoms with Crippen LogP contribution in [0.2, 0.25) is 0 Å². The van der Waals surface area contributed by atoms with Crippen LogP contribution in [0.3, 0.4) is 0 Å². The molecule has 0 amide bonds. The zero-order chi connectivity index (χ0) is 36.8. The Balaban J connectivity index is 1.14. The van der Waals surface area contributed by atoms with Gasteiger partial charge in [-0.3, -0.25) is 0 Å². The Morgan fingerprint density at radius 3 is 1.66 bits per heavy atom. The lowest BCUT2D eigenvalue weighted by molar-refractivity contribution is 0.665. The SMILES string of the molecule is c1ccc(N(c2ccc3c(c2)C(c2ccccc2)(c2ccccc2)c2ccccc2-3)c2ccc3oc4c5ccccc5c5c6ccccc6oc5c4c3c2)cc1. The predicted molar refractivity (Wildman–Crippen MR) is 230 cm³/mol. The average molecular weight is 716 g/mol. The maximum atomic E-state index is 6.76. The first kappa shape index (κ1) is 31.0. The summed E-state index contributed by atoms with van der Waals surface area (Å²) in [6.07, 6.45) is 0. The first-order chi connectivity index (χ1) is 27.8. The van der Waals surface area contributed by atoms with Crippen LogP contribution >= 0.6 is 0 Å². The minimum Gasteiger partial charge on any atom is -0.455 e. The maximum absolute atomic E-state index is 6.76. The normalized spacial score (nSPS) is 13.1. The third kappa shape index (κ3) is 4.22. The number of benzene rings is 9. The highest BCUT2D eigenvalue weighted by Crippen LogP contribution is 2.57. The molecule has 3 heteroatoms. The molecule has 3 nitrogen and oxygen atoms in total. The molecule has 1 aliphatic rings. The summed E-state index contributed by atoms with van der Waals surface area (Å²) >= 11 is 0. The number of hydrogen-bond donors (Lipinski definition) is 0. The van der Waals surface area contributed by atoms with E-state index in [0.29, 0.717) is 0 Å². The molecule has 9 aromatic carbocycles. The Labute approximate surface area is 323 Å².